The van der Waals surface area contributed by atoms with Crippen LogP contribution in [0.3, 0.4) is 0 Å². The molecule has 1 fully saturated rings. The fourth-order valence-corrected chi connectivity index (χ4v) is 6.63. The molecule has 2 heterocycles. The van der Waals surface area contributed by atoms with Gasteiger partial charge in [0.15, 0.2) is 0 Å². The zero-order valence-corrected chi connectivity index (χ0v) is 20.3. The van der Waals surface area contributed by atoms with Gasteiger partial charge in [-0.25, -0.2) is 8.42 Å². The smallest absolute Gasteiger partial charge is 0.243 e. The van der Waals surface area contributed by atoms with Gasteiger partial charge in [-0.2, -0.15) is 4.31 Å². The molecule has 1 aliphatic rings. The van der Waals surface area contributed by atoms with Gasteiger partial charge in [0.1, 0.15) is 11.5 Å². The van der Waals surface area contributed by atoms with Crippen molar-refractivity contribution in [2.75, 3.05) is 0 Å². The van der Waals surface area contributed by atoms with E-state index in [0.717, 1.165) is 49.2 Å². The first kappa shape index (κ1) is 24.1. The zero-order chi connectivity index (χ0) is 22.3. The van der Waals surface area contributed by atoms with Gasteiger partial charge in [0.05, 0.1) is 10.9 Å². The molecule has 1 saturated heterocycles. The highest BCUT2D eigenvalue weighted by Crippen LogP contribution is 2.41. The Bertz CT molecular complexity index is 901. The van der Waals surface area contributed by atoms with Gasteiger partial charge >= 0.3 is 0 Å². The molecule has 2 aromatic rings. The number of benzene rings is 1. The molecule has 3 rings (SSSR count). The molecule has 0 saturated carbocycles. The molecule has 2 atom stereocenters. The van der Waals surface area contributed by atoms with E-state index in [1.165, 1.54) is 38.5 Å². The first-order valence-electron chi connectivity index (χ1n) is 12.1. The van der Waals surface area contributed by atoms with Crippen LogP contribution in [0.4, 0.5) is 0 Å². The van der Waals surface area contributed by atoms with Gasteiger partial charge < -0.3 is 4.42 Å². The molecule has 0 bridgehead atoms. The summed E-state index contributed by atoms with van der Waals surface area (Å²) in [4.78, 5) is 0.387. The lowest BCUT2D eigenvalue weighted by atomic mass is 9.93. The third kappa shape index (κ3) is 6.23. The maximum atomic E-state index is 13.8. The predicted octanol–water partition coefficient (Wildman–Crippen LogP) is 7.32. The van der Waals surface area contributed by atoms with E-state index in [-0.39, 0.29) is 12.1 Å². The molecule has 4 nitrogen and oxygen atoms in total. The van der Waals surface area contributed by atoms with Crippen molar-refractivity contribution in [2.45, 2.75) is 108 Å². The summed E-state index contributed by atoms with van der Waals surface area (Å²) in [5, 5.41) is 0. The van der Waals surface area contributed by atoms with Crippen LogP contribution in [0.25, 0.3) is 0 Å². The summed E-state index contributed by atoms with van der Waals surface area (Å²) in [5.74, 6) is 1.61. The van der Waals surface area contributed by atoms with Crippen molar-refractivity contribution in [2.24, 2.45) is 0 Å². The number of aryl methyl sites for hydroxylation is 2. The van der Waals surface area contributed by atoms with Crippen LogP contribution in [0.15, 0.2) is 45.7 Å². The molecule has 0 N–H and O–H groups in total. The number of hydrogen-bond donors (Lipinski definition) is 0. The van der Waals surface area contributed by atoms with Crippen LogP contribution in [-0.4, -0.2) is 18.8 Å². The summed E-state index contributed by atoms with van der Waals surface area (Å²) in [5.41, 5.74) is 1.07. The van der Waals surface area contributed by atoms with Gasteiger partial charge in [-0.3, -0.25) is 0 Å². The Balaban J connectivity index is 1.78. The molecule has 0 spiro atoms. The lowest BCUT2D eigenvalue weighted by molar-refractivity contribution is 0.150. The maximum absolute atomic E-state index is 13.8. The highest BCUT2D eigenvalue weighted by Gasteiger charge is 2.41. The molecule has 1 aromatic carbocycles. The van der Waals surface area contributed by atoms with Crippen LogP contribution >= 0.6 is 0 Å². The third-order valence-corrected chi connectivity index (χ3v) is 8.48. The second kappa shape index (κ2) is 11.3. The highest BCUT2D eigenvalue weighted by molar-refractivity contribution is 7.89. The number of piperidine rings is 1. The molecule has 1 aromatic heterocycles. The number of hydrogen-bond acceptors (Lipinski definition) is 3. The molecule has 1 aliphatic heterocycles. The Morgan fingerprint density at radius 3 is 2.23 bits per heavy atom. The first-order chi connectivity index (χ1) is 14.9. The molecule has 0 amide bonds. The third-order valence-electron chi connectivity index (χ3n) is 6.51. The van der Waals surface area contributed by atoms with Crippen LogP contribution in [0.2, 0.25) is 0 Å². The van der Waals surface area contributed by atoms with E-state index in [0.29, 0.717) is 4.90 Å². The molecule has 0 aliphatic carbocycles. The van der Waals surface area contributed by atoms with Gasteiger partial charge in [-0.15, -0.1) is 0 Å². The van der Waals surface area contributed by atoms with Gasteiger partial charge in [-0.05, 0) is 63.8 Å². The van der Waals surface area contributed by atoms with E-state index in [4.69, 9.17) is 4.42 Å². The Kier molecular flexibility index (Phi) is 8.79. The highest BCUT2D eigenvalue weighted by atomic mass is 32.2. The minimum atomic E-state index is -3.60. The van der Waals surface area contributed by atoms with E-state index >= 15 is 0 Å². The molecular weight excluding hydrogens is 406 g/mol. The Hall–Kier alpha value is -1.59. The summed E-state index contributed by atoms with van der Waals surface area (Å²) in [6, 6.07) is 11.0. The maximum Gasteiger partial charge on any atom is 0.243 e. The lowest BCUT2D eigenvalue weighted by Crippen LogP contribution is -2.45. The second-order valence-electron chi connectivity index (χ2n) is 9.11. The largest absolute Gasteiger partial charge is 0.465 e. The average molecular weight is 446 g/mol. The van der Waals surface area contributed by atoms with E-state index in [9.17, 15) is 8.42 Å². The lowest BCUT2D eigenvalue weighted by Gasteiger charge is -2.40. The quantitative estimate of drug-likeness (QED) is 0.340. The number of sulfonamides is 1. The normalized spacial score (nSPS) is 20.2. The minimum absolute atomic E-state index is 0.0334. The zero-order valence-electron chi connectivity index (χ0n) is 19.5. The fourth-order valence-electron chi connectivity index (χ4n) is 4.76. The van der Waals surface area contributed by atoms with Crippen LogP contribution in [0.1, 0.15) is 101 Å². The molecule has 0 radical (unpaired) electrons. The van der Waals surface area contributed by atoms with Crippen molar-refractivity contribution >= 4 is 10.0 Å². The number of furan rings is 1. The van der Waals surface area contributed by atoms with Gasteiger partial charge in [0, 0.05) is 6.04 Å². The van der Waals surface area contributed by atoms with E-state index in [2.05, 4.69) is 6.92 Å². The van der Waals surface area contributed by atoms with Crippen LogP contribution in [0.5, 0.6) is 0 Å². The van der Waals surface area contributed by atoms with Crippen LogP contribution < -0.4 is 0 Å². The van der Waals surface area contributed by atoms with Crippen molar-refractivity contribution in [1.29, 1.82) is 0 Å². The number of rotatable bonds is 11. The number of unbranched alkanes of at least 4 members (excludes halogenated alkanes) is 6. The Morgan fingerprint density at radius 2 is 1.58 bits per heavy atom. The van der Waals surface area contributed by atoms with E-state index in [1.54, 1.807) is 16.4 Å². The standard InChI is InChI=1S/C26H39NO3S/c1-4-5-6-7-8-9-10-12-23-13-11-14-25(26-20-17-22(3)30-26)27(23)31(28,29)24-18-15-21(2)16-19-24/h15-20,23,25H,4-14H2,1-3H3/t23-,25-/m1/s1. The molecule has 172 valence electrons. The molecule has 0 unspecified atom stereocenters. The summed E-state index contributed by atoms with van der Waals surface area (Å²) >= 11 is 0. The van der Waals surface area contributed by atoms with Crippen molar-refractivity contribution in [3.8, 4) is 0 Å². The average Bonchev–Trinajstić information content (AvgIpc) is 3.19. The topological polar surface area (TPSA) is 50.5 Å². The SMILES string of the molecule is CCCCCCCCC[C@@H]1CCC[C@H](c2ccc(C)o2)N1S(=O)(=O)c1ccc(C)cc1. The second-order valence-corrected chi connectivity index (χ2v) is 11.0. The van der Waals surface area contributed by atoms with Crippen LogP contribution in [-0.2, 0) is 10.0 Å². The monoisotopic (exact) mass is 445 g/mol. The van der Waals surface area contributed by atoms with E-state index in [1.807, 2.05) is 38.1 Å². The molecule has 5 heteroatoms. The fraction of sp³-hybridized carbons (Fsp3) is 0.615. The minimum Gasteiger partial charge on any atom is -0.465 e. The first-order valence-corrected chi connectivity index (χ1v) is 13.5. The van der Waals surface area contributed by atoms with Crippen molar-refractivity contribution in [3.05, 3.63) is 53.5 Å². The summed E-state index contributed by atoms with van der Waals surface area (Å²) < 4.78 is 35.3. The van der Waals surface area contributed by atoms with E-state index < -0.39 is 10.0 Å². The van der Waals surface area contributed by atoms with Crippen molar-refractivity contribution in [3.63, 3.8) is 0 Å². The summed E-state index contributed by atoms with van der Waals surface area (Å²) in [7, 11) is -3.60. The Morgan fingerprint density at radius 1 is 0.903 bits per heavy atom. The summed E-state index contributed by atoms with van der Waals surface area (Å²) in [6.45, 7) is 6.14. The van der Waals surface area contributed by atoms with Crippen molar-refractivity contribution in [1.82, 2.24) is 4.31 Å². The van der Waals surface area contributed by atoms with Crippen LogP contribution in [0, 0.1) is 13.8 Å². The van der Waals surface area contributed by atoms with Gasteiger partial charge in [-0.1, -0.05) is 69.6 Å². The summed E-state index contributed by atoms with van der Waals surface area (Å²) in [6.07, 6.45) is 12.4. The van der Waals surface area contributed by atoms with Gasteiger partial charge in [0.2, 0.25) is 10.0 Å². The van der Waals surface area contributed by atoms with Gasteiger partial charge in [0.25, 0.3) is 0 Å². The molecule has 31 heavy (non-hydrogen) atoms. The number of nitrogens with zero attached hydrogens (tertiary/aromatic N) is 1. The predicted molar refractivity (Wildman–Crippen MR) is 127 cm³/mol. The molecular formula is C26H39NO3S. The van der Waals surface area contributed by atoms with Crippen molar-refractivity contribution < 1.29 is 12.8 Å². The Labute approximate surface area is 189 Å².